The Morgan fingerprint density at radius 2 is 1.73 bits per heavy atom. The molecule has 0 saturated carbocycles. The van der Waals surface area contributed by atoms with Crippen LogP contribution in [0.3, 0.4) is 0 Å². The first-order chi connectivity index (χ1) is 19.8. The molecule has 1 aliphatic carbocycles. The van der Waals surface area contributed by atoms with Gasteiger partial charge in [0.15, 0.2) is 0 Å². The minimum atomic E-state index is -0.265. The van der Waals surface area contributed by atoms with Crippen molar-refractivity contribution in [3.63, 3.8) is 0 Å². The van der Waals surface area contributed by atoms with Gasteiger partial charge in [-0.2, -0.15) is 5.10 Å². The van der Waals surface area contributed by atoms with Gasteiger partial charge >= 0.3 is 0 Å². The van der Waals surface area contributed by atoms with E-state index >= 15 is 0 Å². The van der Waals surface area contributed by atoms with E-state index in [0.29, 0.717) is 19.6 Å². The largest absolute Gasteiger partial charge is 0.497 e. The number of carbonyl (C=O) groups excluding carboxylic acids is 1. The molecule has 1 spiro atoms. The summed E-state index contributed by atoms with van der Waals surface area (Å²) < 4.78 is 25.8. The fourth-order valence-electron chi connectivity index (χ4n) is 6.35. The first-order valence-corrected chi connectivity index (χ1v) is 14.5. The van der Waals surface area contributed by atoms with Crippen molar-refractivity contribution in [1.82, 2.24) is 4.90 Å². The summed E-state index contributed by atoms with van der Waals surface area (Å²) in [5.74, 6) is 7.40. The Hall–Kier alpha value is -3.85. The Morgan fingerprint density at radius 3 is 2.37 bits per heavy atom. The van der Waals surface area contributed by atoms with Crippen molar-refractivity contribution in [1.29, 1.82) is 0 Å². The zero-order chi connectivity index (χ0) is 29.0. The van der Waals surface area contributed by atoms with Crippen LogP contribution in [0.1, 0.15) is 50.7 Å². The molecule has 2 fully saturated rings. The Bertz CT molecular complexity index is 1330. The van der Waals surface area contributed by atoms with Crippen LogP contribution >= 0.6 is 0 Å². The van der Waals surface area contributed by atoms with E-state index in [9.17, 15) is 9.18 Å². The fourth-order valence-corrected chi connectivity index (χ4v) is 6.35. The molecule has 8 nitrogen and oxygen atoms in total. The Balaban J connectivity index is 1.24. The second kappa shape index (κ2) is 12.3. The van der Waals surface area contributed by atoms with E-state index in [1.807, 2.05) is 43.0 Å². The number of nitrogens with two attached hydrogens (primary N) is 2. The molecule has 5 rings (SSSR count). The van der Waals surface area contributed by atoms with Crippen LogP contribution in [0.5, 0.6) is 0 Å². The molecule has 0 radical (unpaired) electrons. The normalized spacial score (nSPS) is 21.4. The van der Waals surface area contributed by atoms with Crippen LogP contribution in [0, 0.1) is 17.2 Å². The number of rotatable bonds is 9. The van der Waals surface area contributed by atoms with Crippen molar-refractivity contribution in [3.8, 4) is 0 Å². The molecular formula is C32H40FN5O3. The molecule has 1 atom stereocenters. The first kappa shape index (κ1) is 28.7. The minimum Gasteiger partial charge on any atom is -0.497 e. The summed E-state index contributed by atoms with van der Waals surface area (Å²) in [5.41, 5.74) is 9.23. The van der Waals surface area contributed by atoms with Gasteiger partial charge in [-0.1, -0.05) is 12.1 Å². The van der Waals surface area contributed by atoms with Crippen molar-refractivity contribution >= 4 is 23.0 Å². The molecule has 2 aromatic carbocycles. The van der Waals surface area contributed by atoms with E-state index in [-0.39, 0.29) is 28.9 Å². The summed E-state index contributed by atoms with van der Waals surface area (Å²) in [7, 11) is 0. The van der Waals surface area contributed by atoms with Crippen LogP contribution in [0.4, 0.5) is 10.1 Å². The van der Waals surface area contributed by atoms with Gasteiger partial charge in [-0.3, -0.25) is 4.79 Å². The smallest absolute Gasteiger partial charge is 0.227 e. The summed E-state index contributed by atoms with van der Waals surface area (Å²) >= 11 is 0. The number of piperidine rings is 1. The lowest BCUT2D eigenvalue weighted by atomic mass is 9.77. The van der Waals surface area contributed by atoms with E-state index in [4.69, 9.17) is 21.1 Å². The number of allylic oxidation sites excluding steroid dienone is 2. The number of hydrogen-bond donors (Lipinski definition) is 2. The molecule has 9 heteroatoms. The summed E-state index contributed by atoms with van der Waals surface area (Å²) in [6.45, 7) is 8.56. The number of carbonyl (C=O) groups is 1. The van der Waals surface area contributed by atoms with Crippen molar-refractivity contribution in [3.05, 3.63) is 83.1 Å². The van der Waals surface area contributed by atoms with Gasteiger partial charge in [0.05, 0.1) is 18.8 Å². The molecule has 1 unspecified atom stereocenters. The monoisotopic (exact) mass is 561 g/mol. The third-order valence-corrected chi connectivity index (χ3v) is 8.46. The molecule has 218 valence electrons. The summed E-state index contributed by atoms with van der Waals surface area (Å²) in [5, 5.41) is 3.54. The van der Waals surface area contributed by atoms with Gasteiger partial charge in [0.1, 0.15) is 23.2 Å². The zero-order valence-corrected chi connectivity index (χ0v) is 23.9. The van der Waals surface area contributed by atoms with E-state index in [2.05, 4.69) is 16.1 Å². The first-order valence-electron chi connectivity index (χ1n) is 14.5. The second-order valence-corrected chi connectivity index (χ2v) is 11.2. The highest BCUT2D eigenvalue weighted by Gasteiger charge is 2.45. The number of amidine groups is 1. The number of hydrazone groups is 1. The fraction of sp³-hybridized carbons (Fsp3) is 0.438. The lowest BCUT2D eigenvalue weighted by molar-refractivity contribution is -0.118. The Morgan fingerprint density at radius 1 is 1.05 bits per heavy atom. The molecule has 41 heavy (non-hydrogen) atoms. The Labute approximate surface area is 241 Å². The summed E-state index contributed by atoms with van der Waals surface area (Å²) in [6, 6.07) is 14.0. The minimum absolute atomic E-state index is 0.00494. The highest BCUT2D eigenvalue weighted by molar-refractivity contribution is 5.99. The van der Waals surface area contributed by atoms with E-state index in [1.165, 1.54) is 12.1 Å². The molecular weight excluding hydrogens is 521 g/mol. The average Bonchev–Trinajstić information content (AvgIpc) is 3.30. The van der Waals surface area contributed by atoms with Gasteiger partial charge in [-0.25, -0.2) is 4.39 Å². The maximum Gasteiger partial charge on any atom is 0.227 e. The Kier molecular flexibility index (Phi) is 8.63. The number of nitrogens with zero attached hydrogens (tertiary/aromatic N) is 3. The SMILES string of the molecule is CCOC1=CC(CN2CCC3(CC2)CC(=O)N(c2ccc(C(N)=NN)cc2)C3)CC(OCC)=C1c1ccc(F)cc1. The van der Waals surface area contributed by atoms with E-state index < -0.39 is 0 Å². The molecule has 4 N–H and O–H groups in total. The highest BCUT2D eigenvalue weighted by atomic mass is 19.1. The molecule has 0 bridgehead atoms. The van der Waals surface area contributed by atoms with Gasteiger partial charge in [-0.05, 0) is 93.2 Å². The van der Waals surface area contributed by atoms with Crippen LogP contribution in [-0.4, -0.2) is 56.0 Å². The zero-order valence-electron chi connectivity index (χ0n) is 23.9. The quantitative estimate of drug-likeness (QED) is 0.200. The summed E-state index contributed by atoms with van der Waals surface area (Å²) in [4.78, 5) is 17.5. The molecule has 2 saturated heterocycles. The topological polar surface area (TPSA) is 106 Å². The molecule has 3 aliphatic rings. The molecule has 0 aromatic heterocycles. The average molecular weight is 562 g/mol. The maximum atomic E-state index is 13.6. The third-order valence-electron chi connectivity index (χ3n) is 8.46. The lowest BCUT2D eigenvalue weighted by Crippen LogP contribution is -2.43. The van der Waals surface area contributed by atoms with Gasteiger partial charge in [0.25, 0.3) is 0 Å². The number of likely N-dealkylation sites (tertiary alicyclic amines) is 1. The van der Waals surface area contributed by atoms with Crippen molar-refractivity contribution in [2.45, 2.75) is 39.5 Å². The predicted molar refractivity (Wildman–Crippen MR) is 159 cm³/mol. The van der Waals surface area contributed by atoms with Crippen molar-refractivity contribution in [2.24, 2.45) is 28.0 Å². The van der Waals surface area contributed by atoms with Gasteiger partial charge < -0.3 is 30.8 Å². The molecule has 2 aromatic rings. The number of anilines is 1. The number of ether oxygens (including phenoxy) is 2. The number of hydrogen-bond acceptors (Lipinski definition) is 6. The second-order valence-electron chi connectivity index (χ2n) is 11.2. The van der Waals surface area contributed by atoms with Crippen LogP contribution in [0.15, 0.2) is 71.2 Å². The van der Waals surface area contributed by atoms with Gasteiger partial charge in [-0.15, -0.1) is 0 Å². The van der Waals surface area contributed by atoms with Crippen molar-refractivity contribution < 1.29 is 18.7 Å². The van der Waals surface area contributed by atoms with Crippen LogP contribution in [0.25, 0.3) is 5.57 Å². The number of benzene rings is 2. The third kappa shape index (κ3) is 6.25. The van der Waals surface area contributed by atoms with Crippen LogP contribution in [-0.2, 0) is 14.3 Å². The predicted octanol–water partition coefficient (Wildman–Crippen LogP) is 4.61. The van der Waals surface area contributed by atoms with E-state index in [1.54, 1.807) is 12.1 Å². The lowest BCUT2D eigenvalue weighted by Gasteiger charge is -2.40. The standard InChI is InChI=1S/C32H40FN5O3/c1-3-40-27-17-22(18-28(41-4-2)30(27)23-5-9-25(33)10-6-23)20-37-15-13-32(14-16-37)19-29(39)38(21-32)26-11-7-24(8-12-26)31(34)36-35/h5-12,17,22H,3-4,13-16,18-21,35H2,1-2H3,(H2,34,36). The maximum absolute atomic E-state index is 13.6. The number of amides is 1. The highest BCUT2D eigenvalue weighted by Crippen LogP contribution is 2.43. The van der Waals surface area contributed by atoms with Crippen LogP contribution in [0.2, 0.25) is 0 Å². The van der Waals surface area contributed by atoms with Crippen LogP contribution < -0.4 is 16.5 Å². The number of halogens is 1. The van der Waals surface area contributed by atoms with Crippen molar-refractivity contribution in [2.75, 3.05) is 44.3 Å². The van der Waals surface area contributed by atoms with E-state index in [0.717, 1.165) is 79.3 Å². The molecule has 1 amide bonds. The molecule has 2 aliphatic heterocycles. The van der Waals surface area contributed by atoms with Gasteiger partial charge in [0, 0.05) is 43.1 Å². The summed E-state index contributed by atoms with van der Waals surface area (Å²) in [6.07, 6.45) is 5.50. The van der Waals surface area contributed by atoms with Gasteiger partial charge in [0.2, 0.25) is 5.91 Å². The molecule has 2 heterocycles.